The monoisotopic (exact) mass is 653 g/mol. The molecule has 3 aromatic rings. The number of amides is 2. The Bertz CT molecular complexity index is 1580. The fraction of sp³-hybridized carbons (Fsp3) is 0.412. The molecular formula is C34H43N3O8S. The number of rotatable bonds is 15. The van der Waals surface area contributed by atoms with Gasteiger partial charge in [0.1, 0.15) is 12.6 Å². The van der Waals surface area contributed by atoms with Crippen LogP contribution in [0, 0.1) is 5.92 Å². The number of hydrogen-bond donors (Lipinski definition) is 4. The summed E-state index contributed by atoms with van der Waals surface area (Å²) < 4.78 is 42.6. The van der Waals surface area contributed by atoms with Crippen molar-refractivity contribution >= 4 is 21.8 Å². The van der Waals surface area contributed by atoms with Crippen LogP contribution in [0.5, 0.6) is 11.5 Å². The lowest BCUT2D eigenvalue weighted by molar-refractivity contribution is -0.126. The molecule has 3 aromatic carbocycles. The van der Waals surface area contributed by atoms with Crippen LogP contribution in [0.15, 0.2) is 83.8 Å². The van der Waals surface area contributed by atoms with Gasteiger partial charge in [0.2, 0.25) is 12.7 Å². The lowest BCUT2D eigenvalue weighted by atomic mass is 9.94. The smallest absolute Gasteiger partial charge is 0.408 e. The van der Waals surface area contributed by atoms with Crippen LogP contribution < -0.4 is 25.4 Å². The highest BCUT2D eigenvalue weighted by molar-refractivity contribution is 7.91. The Morgan fingerprint density at radius 1 is 0.957 bits per heavy atom. The first-order valence-electron chi connectivity index (χ1n) is 15.2. The molecule has 0 aliphatic carbocycles. The Kier molecular flexibility index (Phi) is 11.3. The van der Waals surface area contributed by atoms with Crippen molar-refractivity contribution < 1.29 is 37.3 Å². The number of aliphatic hydroxyl groups is 1. The van der Waals surface area contributed by atoms with Gasteiger partial charge in [-0.15, -0.1) is 0 Å². The highest BCUT2D eigenvalue weighted by Gasteiger charge is 2.38. The first-order chi connectivity index (χ1) is 21.8. The van der Waals surface area contributed by atoms with Crippen molar-refractivity contribution in [1.82, 2.24) is 16.0 Å². The largest absolute Gasteiger partial charge is 0.454 e. The molecule has 1 aliphatic heterocycles. The SMILES string of the molecule is CC[C@](Cc1ccccc1)(NC[C@@](C)(O)CS(=O)(=O)c1ccc2c(c1)OCO2)NC(=O)[C@@H](NC(=O)OCc1ccccc1)C(C)C. The van der Waals surface area contributed by atoms with E-state index in [4.69, 9.17) is 14.2 Å². The van der Waals surface area contributed by atoms with Gasteiger partial charge >= 0.3 is 6.09 Å². The van der Waals surface area contributed by atoms with Gasteiger partial charge in [-0.25, -0.2) is 13.2 Å². The number of benzene rings is 3. The summed E-state index contributed by atoms with van der Waals surface area (Å²) >= 11 is 0. The van der Waals surface area contributed by atoms with Gasteiger partial charge in [0.05, 0.1) is 21.9 Å². The van der Waals surface area contributed by atoms with Gasteiger partial charge < -0.3 is 30.0 Å². The molecule has 0 unspecified atom stereocenters. The number of ether oxygens (including phenoxy) is 3. The van der Waals surface area contributed by atoms with E-state index in [1.807, 2.05) is 81.4 Å². The van der Waals surface area contributed by atoms with Crippen LogP contribution in [-0.2, 0) is 32.4 Å². The lowest BCUT2D eigenvalue weighted by Crippen LogP contribution is -2.66. The highest BCUT2D eigenvalue weighted by Crippen LogP contribution is 2.34. The molecule has 1 aliphatic rings. The van der Waals surface area contributed by atoms with E-state index >= 15 is 0 Å². The summed E-state index contributed by atoms with van der Waals surface area (Å²) in [6.45, 7) is 6.82. The molecule has 46 heavy (non-hydrogen) atoms. The summed E-state index contributed by atoms with van der Waals surface area (Å²) in [5.41, 5.74) is -1.12. The Morgan fingerprint density at radius 2 is 1.59 bits per heavy atom. The van der Waals surface area contributed by atoms with E-state index in [0.717, 1.165) is 11.1 Å². The lowest BCUT2D eigenvalue weighted by Gasteiger charge is -2.39. The molecule has 0 fully saturated rings. The Hall–Kier alpha value is -4.13. The molecule has 11 nitrogen and oxygen atoms in total. The maximum Gasteiger partial charge on any atom is 0.408 e. The maximum absolute atomic E-state index is 13.8. The molecule has 3 atom stereocenters. The molecule has 0 radical (unpaired) electrons. The van der Waals surface area contributed by atoms with Crippen LogP contribution in [0.25, 0.3) is 0 Å². The summed E-state index contributed by atoms with van der Waals surface area (Å²) in [5, 5.41) is 20.4. The van der Waals surface area contributed by atoms with Gasteiger partial charge in [-0.3, -0.25) is 10.1 Å². The molecule has 1 heterocycles. The molecule has 0 saturated carbocycles. The van der Waals surface area contributed by atoms with Gasteiger partial charge in [0.25, 0.3) is 0 Å². The number of fused-ring (bicyclic) bond motifs is 1. The number of carbonyl (C=O) groups excluding carboxylic acids is 2. The van der Waals surface area contributed by atoms with E-state index < -0.39 is 44.9 Å². The van der Waals surface area contributed by atoms with Crippen molar-refractivity contribution in [3.05, 3.63) is 90.0 Å². The van der Waals surface area contributed by atoms with Crippen LogP contribution >= 0.6 is 0 Å². The average molecular weight is 654 g/mol. The fourth-order valence-electron chi connectivity index (χ4n) is 5.15. The van der Waals surface area contributed by atoms with Crippen molar-refractivity contribution in [3.8, 4) is 11.5 Å². The van der Waals surface area contributed by atoms with E-state index in [1.165, 1.54) is 25.1 Å². The minimum atomic E-state index is -3.93. The average Bonchev–Trinajstić information content (AvgIpc) is 3.50. The summed E-state index contributed by atoms with van der Waals surface area (Å²) in [6, 6.07) is 22.1. The Morgan fingerprint density at radius 3 is 2.22 bits per heavy atom. The van der Waals surface area contributed by atoms with Gasteiger partial charge in [-0.05, 0) is 42.5 Å². The third-order valence-corrected chi connectivity index (χ3v) is 9.74. The van der Waals surface area contributed by atoms with E-state index in [9.17, 15) is 23.1 Å². The quantitative estimate of drug-likeness (QED) is 0.179. The molecule has 4 rings (SSSR count). The minimum Gasteiger partial charge on any atom is -0.454 e. The van der Waals surface area contributed by atoms with Crippen LogP contribution in [0.2, 0.25) is 0 Å². The number of sulfone groups is 1. The van der Waals surface area contributed by atoms with Gasteiger partial charge in [-0.1, -0.05) is 81.4 Å². The van der Waals surface area contributed by atoms with Gasteiger partial charge in [-0.2, -0.15) is 0 Å². The van der Waals surface area contributed by atoms with E-state index in [-0.39, 0.29) is 30.8 Å². The summed E-state index contributed by atoms with van der Waals surface area (Å²) in [5.74, 6) is -0.549. The minimum absolute atomic E-state index is 0.00127. The zero-order valence-electron chi connectivity index (χ0n) is 26.6. The second kappa shape index (κ2) is 15.0. The van der Waals surface area contributed by atoms with Crippen LogP contribution in [0.4, 0.5) is 4.79 Å². The fourth-order valence-corrected chi connectivity index (χ4v) is 6.80. The zero-order valence-corrected chi connectivity index (χ0v) is 27.4. The Labute approximate surface area is 270 Å². The van der Waals surface area contributed by atoms with Crippen molar-refractivity contribution in [3.63, 3.8) is 0 Å². The molecule has 4 N–H and O–H groups in total. The second-order valence-electron chi connectivity index (χ2n) is 12.1. The van der Waals surface area contributed by atoms with Crippen LogP contribution in [0.1, 0.15) is 45.2 Å². The summed E-state index contributed by atoms with van der Waals surface area (Å²) in [6.07, 6.45) is -0.0286. The predicted molar refractivity (Wildman–Crippen MR) is 173 cm³/mol. The zero-order chi connectivity index (χ0) is 33.4. The molecule has 0 bridgehead atoms. The molecule has 248 valence electrons. The number of nitrogens with one attached hydrogen (secondary N) is 3. The predicted octanol–water partition coefficient (Wildman–Crippen LogP) is 3.95. The van der Waals surface area contributed by atoms with Crippen molar-refractivity contribution in [2.75, 3.05) is 19.1 Å². The first kappa shape index (κ1) is 34.7. The third kappa shape index (κ3) is 9.44. The normalized spacial score (nSPS) is 15.8. The molecule has 0 aromatic heterocycles. The molecule has 12 heteroatoms. The van der Waals surface area contributed by atoms with Crippen molar-refractivity contribution in [2.24, 2.45) is 5.92 Å². The van der Waals surface area contributed by atoms with Gasteiger partial charge in [0.15, 0.2) is 21.3 Å². The van der Waals surface area contributed by atoms with Gasteiger partial charge in [0, 0.05) is 19.0 Å². The van der Waals surface area contributed by atoms with Crippen LogP contribution in [-0.4, -0.2) is 61.9 Å². The molecule has 0 saturated heterocycles. The van der Waals surface area contributed by atoms with Crippen molar-refractivity contribution in [1.29, 1.82) is 0 Å². The number of hydrogen-bond acceptors (Lipinski definition) is 9. The summed E-state index contributed by atoms with van der Waals surface area (Å²) in [7, 11) is -3.93. The van der Waals surface area contributed by atoms with E-state index in [0.29, 0.717) is 24.3 Å². The topological polar surface area (TPSA) is 152 Å². The standard InChI is InChI=1S/C34H43N3O8S/c1-5-34(19-25-12-8-6-9-13-25,37-31(38)30(24(2)3)36-32(39)43-20-26-14-10-7-11-15-26)35-21-33(4,40)22-46(41,42)27-16-17-28-29(18-27)45-23-44-28/h6-18,24,30,35,40H,5,19-23H2,1-4H3,(H,36,39)(H,37,38)/t30-,33+,34-/m0/s1. The number of alkyl carbamates (subject to hydrolysis) is 1. The Balaban J connectivity index is 1.49. The van der Waals surface area contributed by atoms with Crippen LogP contribution in [0.3, 0.4) is 0 Å². The second-order valence-corrected chi connectivity index (χ2v) is 14.1. The highest BCUT2D eigenvalue weighted by atomic mass is 32.2. The van der Waals surface area contributed by atoms with E-state index in [1.54, 1.807) is 0 Å². The molecule has 2 amide bonds. The first-order valence-corrected chi connectivity index (χ1v) is 16.9. The molecular weight excluding hydrogens is 610 g/mol. The summed E-state index contributed by atoms with van der Waals surface area (Å²) in [4.78, 5) is 26.5. The third-order valence-electron chi connectivity index (χ3n) is 7.76. The number of carbonyl (C=O) groups is 2. The van der Waals surface area contributed by atoms with Crippen molar-refractivity contribution in [2.45, 2.75) is 69.3 Å². The maximum atomic E-state index is 13.8. The molecule has 0 spiro atoms. The van der Waals surface area contributed by atoms with E-state index in [2.05, 4.69) is 16.0 Å².